The van der Waals surface area contributed by atoms with Crippen molar-refractivity contribution in [2.75, 3.05) is 0 Å². The molecule has 0 aromatic heterocycles. The number of carbonyl (C=O) groups excluding carboxylic acids is 1. The van der Waals surface area contributed by atoms with E-state index in [-0.39, 0.29) is 5.78 Å². The Hall–Kier alpha value is -1.11. The highest BCUT2D eigenvalue weighted by Crippen LogP contribution is 2.23. The highest BCUT2D eigenvalue weighted by molar-refractivity contribution is 5.94. The van der Waals surface area contributed by atoms with Crippen LogP contribution in [0.4, 0.5) is 0 Å². The predicted octanol–water partition coefficient (Wildman–Crippen LogP) is 3.65. The molecule has 14 heavy (non-hydrogen) atoms. The molecule has 1 nitrogen and oxygen atoms in total. The Labute approximate surface area is 86.1 Å². The van der Waals surface area contributed by atoms with Crippen molar-refractivity contribution in [3.63, 3.8) is 0 Å². The van der Waals surface area contributed by atoms with E-state index in [9.17, 15) is 4.79 Å². The summed E-state index contributed by atoms with van der Waals surface area (Å²) in [6.45, 7) is 8.24. The van der Waals surface area contributed by atoms with Gasteiger partial charge in [-0.2, -0.15) is 0 Å². The molecule has 0 spiro atoms. The summed E-state index contributed by atoms with van der Waals surface area (Å²) in [4.78, 5) is 11.1. The second-order valence-electron chi connectivity index (χ2n) is 4.21. The molecule has 76 valence electrons. The summed E-state index contributed by atoms with van der Waals surface area (Å²) in [7, 11) is 0. The van der Waals surface area contributed by atoms with Crippen LogP contribution < -0.4 is 0 Å². The van der Waals surface area contributed by atoms with E-state index in [0.29, 0.717) is 11.8 Å². The third-order valence-corrected chi connectivity index (χ3v) is 2.84. The Morgan fingerprint density at radius 3 is 1.93 bits per heavy atom. The monoisotopic (exact) mass is 190 g/mol. The van der Waals surface area contributed by atoms with Gasteiger partial charge in [-0.3, -0.25) is 4.79 Å². The van der Waals surface area contributed by atoms with E-state index in [1.807, 2.05) is 12.1 Å². The number of rotatable bonds is 3. The molecule has 1 atom stereocenters. The minimum atomic E-state index is 0.133. The first-order valence-corrected chi connectivity index (χ1v) is 5.13. The first-order chi connectivity index (χ1) is 6.52. The number of ketones is 1. The molecule has 1 aromatic carbocycles. The third kappa shape index (κ3) is 2.44. The summed E-state index contributed by atoms with van der Waals surface area (Å²) in [5, 5.41) is 0. The maximum Gasteiger partial charge on any atom is 0.159 e. The Morgan fingerprint density at radius 1 is 1.07 bits per heavy atom. The van der Waals surface area contributed by atoms with Crippen LogP contribution in [0.3, 0.4) is 0 Å². The smallest absolute Gasteiger partial charge is 0.159 e. The number of hydrogen-bond donors (Lipinski definition) is 0. The molecule has 0 N–H and O–H groups in total. The maximum atomic E-state index is 11.1. The minimum absolute atomic E-state index is 0.133. The zero-order chi connectivity index (χ0) is 10.7. The predicted molar refractivity (Wildman–Crippen MR) is 59.7 cm³/mol. The van der Waals surface area contributed by atoms with Crippen LogP contribution in [0.5, 0.6) is 0 Å². The number of Topliss-reactive ketones (excluding diaryl/α,β-unsaturated/α-hetero) is 1. The molecular weight excluding hydrogens is 172 g/mol. The van der Waals surface area contributed by atoms with E-state index in [0.717, 1.165) is 5.56 Å². The van der Waals surface area contributed by atoms with Crippen LogP contribution >= 0.6 is 0 Å². The number of carbonyl (C=O) groups is 1. The van der Waals surface area contributed by atoms with Gasteiger partial charge >= 0.3 is 0 Å². The summed E-state index contributed by atoms with van der Waals surface area (Å²) in [6.07, 6.45) is 0. The van der Waals surface area contributed by atoms with Crippen molar-refractivity contribution in [3.05, 3.63) is 35.4 Å². The highest BCUT2D eigenvalue weighted by Gasteiger charge is 2.09. The Bertz CT molecular complexity index is 309. The van der Waals surface area contributed by atoms with Gasteiger partial charge in [0.2, 0.25) is 0 Å². The van der Waals surface area contributed by atoms with Crippen molar-refractivity contribution in [1.29, 1.82) is 0 Å². The Kier molecular flexibility index (Phi) is 3.45. The molecular formula is C13H18O. The molecule has 1 aromatic rings. The van der Waals surface area contributed by atoms with Gasteiger partial charge in [0.05, 0.1) is 0 Å². The van der Waals surface area contributed by atoms with Crippen molar-refractivity contribution in [2.45, 2.75) is 33.6 Å². The summed E-state index contributed by atoms with van der Waals surface area (Å²) >= 11 is 0. The SMILES string of the molecule is CC(=O)c1ccc([C@H](C)C(C)C)cc1. The van der Waals surface area contributed by atoms with Crippen molar-refractivity contribution in [2.24, 2.45) is 5.92 Å². The zero-order valence-electron chi connectivity index (χ0n) is 9.37. The average molecular weight is 190 g/mol. The standard InChI is InChI=1S/C13H18O/c1-9(2)10(3)12-5-7-13(8-6-12)11(4)14/h5-10H,1-4H3/t10-/m1/s1. The molecule has 0 heterocycles. The van der Waals surface area contributed by atoms with Crippen LogP contribution in [-0.4, -0.2) is 5.78 Å². The largest absolute Gasteiger partial charge is 0.295 e. The lowest BCUT2D eigenvalue weighted by molar-refractivity contribution is 0.101. The minimum Gasteiger partial charge on any atom is -0.295 e. The fraction of sp³-hybridized carbons (Fsp3) is 0.462. The second-order valence-corrected chi connectivity index (χ2v) is 4.21. The molecule has 0 aliphatic carbocycles. The van der Waals surface area contributed by atoms with Gasteiger partial charge < -0.3 is 0 Å². The van der Waals surface area contributed by atoms with Gasteiger partial charge in [-0.1, -0.05) is 45.0 Å². The van der Waals surface area contributed by atoms with Crippen LogP contribution in [0.2, 0.25) is 0 Å². The van der Waals surface area contributed by atoms with E-state index in [1.165, 1.54) is 5.56 Å². The summed E-state index contributed by atoms with van der Waals surface area (Å²) < 4.78 is 0. The van der Waals surface area contributed by atoms with Crippen molar-refractivity contribution in [3.8, 4) is 0 Å². The lowest BCUT2D eigenvalue weighted by atomic mass is 9.90. The molecule has 0 saturated carbocycles. The zero-order valence-corrected chi connectivity index (χ0v) is 9.37. The molecule has 0 unspecified atom stereocenters. The maximum absolute atomic E-state index is 11.1. The fourth-order valence-electron chi connectivity index (χ4n) is 1.41. The summed E-state index contributed by atoms with van der Waals surface area (Å²) in [5.74, 6) is 1.32. The van der Waals surface area contributed by atoms with Gasteiger partial charge in [-0.15, -0.1) is 0 Å². The summed E-state index contributed by atoms with van der Waals surface area (Å²) in [5.41, 5.74) is 2.11. The molecule has 0 radical (unpaired) electrons. The molecule has 0 saturated heterocycles. The Balaban J connectivity index is 2.88. The van der Waals surface area contributed by atoms with E-state index in [1.54, 1.807) is 6.92 Å². The fourth-order valence-corrected chi connectivity index (χ4v) is 1.41. The van der Waals surface area contributed by atoms with Crippen LogP contribution in [0, 0.1) is 5.92 Å². The topological polar surface area (TPSA) is 17.1 Å². The van der Waals surface area contributed by atoms with Crippen molar-refractivity contribution in [1.82, 2.24) is 0 Å². The number of benzene rings is 1. The van der Waals surface area contributed by atoms with Gasteiger partial charge in [-0.25, -0.2) is 0 Å². The van der Waals surface area contributed by atoms with Gasteiger partial charge in [0.1, 0.15) is 0 Å². The van der Waals surface area contributed by atoms with E-state index < -0.39 is 0 Å². The molecule has 1 heteroatoms. The van der Waals surface area contributed by atoms with Crippen LogP contribution in [0.15, 0.2) is 24.3 Å². The van der Waals surface area contributed by atoms with Crippen LogP contribution in [0.25, 0.3) is 0 Å². The first kappa shape index (κ1) is 11.0. The molecule has 0 aliphatic rings. The van der Waals surface area contributed by atoms with E-state index in [2.05, 4.69) is 32.9 Å². The van der Waals surface area contributed by atoms with Crippen LogP contribution in [0.1, 0.15) is 49.5 Å². The highest BCUT2D eigenvalue weighted by atomic mass is 16.1. The van der Waals surface area contributed by atoms with Crippen molar-refractivity contribution >= 4 is 5.78 Å². The Morgan fingerprint density at radius 2 is 1.57 bits per heavy atom. The van der Waals surface area contributed by atoms with Crippen molar-refractivity contribution < 1.29 is 4.79 Å². The van der Waals surface area contributed by atoms with E-state index >= 15 is 0 Å². The lowest BCUT2D eigenvalue weighted by Crippen LogP contribution is -2.02. The van der Waals surface area contributed by atoms with Crippen LogP contribution in [-0.2, 0) is 0 Å². The first-order valence-electron chi connectivity index (χ1n) is 5.13. The normalized spacial score (nSPS) is 12.9. The van der Waals surface area contributed by atoms with Gasteiger partial charge in [0.25, 0.3) is 0 Å². The van der Waals surface area contributed by atoms with E-state index in [4.69, 9.17) is 0 Å². The summed E-state index contributed by atoms with van der Waals surface area (Å²) in [6, 6.07) is 7.94. The average Bonchev–Trinajstić information content (AvgIpc) is 2.16. The number of hydrogen-bond acceptors (Lipinski definition) is 1. The van der Waals surface area contributed by atoms with Gasteiger partial charge in [0.15, 0.2) is 5.78 Å². The third-order valence-electron chi connectivity index (χ3n) is 2.84. The molecule has 0 bridgehead atoms. The molecule has 0 amide bonds. The molecule has 1 rings (SSSR count). The molecule has 0 aliphatic heterocycles. The quantitative estimate of drug-likeness (QED) is 0.665. The second kappa shape index (κ2) is 4.41. The molecule has 0 fully saturated rings. The lowest BCUT2D eigenvalue weighted by Gasteiger charge is -2.15. The van der Waals surface area contributed by atoms with Gasteiger partial charge in [0, 0.05) is 5.56 Å². The van der Waals surface area contributed by atoms with Gasteiger partial charge in [-0.05, 0) is 24.3 Å².